The van der Waals surface area contributed by atoms with Crippen molar-refractivity contribution < 1.29 is 26.4 Å². The molecule has 1 heterocycles. The molecule has 1 aliphatic heterocycles. The molecule has 0 saturated carbocycles. The normalized spacial score (nSPS) is 14.7. The fraction of sp³-hybridized carbons (Fsp3) is 0.269. The molecule has 6 nitrogen and oxygen atoms in total. The Kier molecular flexibility index (Phi) is 8.56. The zero-order valence-electron chi connectivity index (χ0n) is 20.0. The number of rotatable bonds is 7. The minimum Gasteiger partial charge on any atom is -0.368 e. The van der Waals surface area contributed by atoms with E-state index in [0.29, 0.717) is 24.3 Å². The van der Waals surface area contributed by atoms with Gasteiger partial charge in [0.1, 0.15) is 4.90 Å². The molecule has 0 aliphatic carbocycles. The van der Waals surface area contributed by atoms with E-state index in [-0.39, 0.29) is 34.6 Å². The summed E-state index contributed by atoms with van der Waals surface area (Å²) in [6.07, 6.45) is -4.45. The molecule has 0 unspecified atom stereocenters. The van der Waals surface area contributed by atoms with Gasteiger partial charge in [-0.05, 0) is 42.0 Å². The van der Waals surface area contributed by atoms with Crippen LogP contribution in [0.15, 0.2) is 77.7 Å². The van der Waals surface area contributed by atoms with Gasteiger partial charge < -0.3 is 9.80 Å². The Labute approximate surface area is 229 Å². The predicted octanol–water partition coefficient (Wildman–Crippen LogP) is 5.55. The second kappa shape index (κ2) is 11.5. The van der Waals surface area contributed by atoms with Crippen LogP contribution in [0.4, 0.5) is 18.9 Å². The number of alkyl halides is 3. The largest absolute Gasteiger partial charge is 0.416 e. The summed E-state index contributed by atoms with van der Waals surface area (Å²) in [5.41, 5.74) is 0.349. The smallest absolute Gasteiger partial charge is 0.368 e. The summed E-state index contributed by atoms with van der Waals surface area (Å²) in [7, 11) is -4.21. The lowest BCUT2D eigenvalue weighted by atomic mass is 10.1. The number of amides is 1. The Balaban J connectivity index is 1.50. The molecule has 1 saturated heterocycles. The van der Waals surface area contributed by atoms with Gasteiger partial charge in [-0.2, -0.15) is 17.5 Å². The highest BCUT2D eigenvalue weighted by molar-refractivity contribution is 7.89. The fourth-order valence-electron chi connectivity index (χ4n) is 4.17. The lowest BCUT2D eigenvalue weighted by molar-refractivity contribution is -0.137. The van der Waals surface area contributed by atoms with Crippen LogP contribution in [0.2, 0.25) is 10.0 Å². The van der Waals surface area contributed by atoms with E-state index in [0.717, 1.165) is 16.4 Å². The van der Waals surface area contributed by atoms with Gasteiger partial charge in [0, 0.05) is 43.4 Å². The van der Waals surface area contributed by atoms with Gasteiger partial charge in [-0.15, -0.1) is 0 Å². The second-order valence-electron chi connectivity index (χ2n) is 8.75. The molecule has 1 fully saturated rings. The van der Waals surface area contributed by atoms with E-state index in [1.165, 1.54) is 29.2 Å². The topological polar surface area (TPSA) is 60.9 Å². The molecule has 0 bridgehead atoms. The monoisotopic (exact) mass is 585 g/mol. The van der Waals surface area contributed by atoms with Crippen molar-refractivity contribution in [2.75, 3.05) is 37.6 Å². The molecular formula is C26H24Cl2F3N3O3S. The van der Waals surface area contributed by atoms with Crippen LogP contribution in [0.1, 0.15) is 11.1 Å². The molecule has 1 aliphatic rings. The summed E-state index contributed by atoms with van der Waals surface area (Å²) in [5, 5.41) is 0.166. The quantitative estimate of drug-likeness (QED) is 0.364. The number of benzene rings is 3. The summed E-state index contributed by atoms with van der Waals surface area (Å²) in [6.45, 7) is 0.557. The van der Waals surface area contributed by atoms with E-state index in [1.807, 2.05) is 0 Å². The lowest BCUT2D eigenvalue weighted by Crippen LogP contribution is -2.51. The van der Waals surface area contributed by atoms with Crippen LogP contribution in [0.5, 0.6) is 0 Å². The average molecular weight is 586 g/mol. The molecule has 0 aromatic heterocycles. The lowest BCUT2D eigenvalue weighted by Gasteiger charge is -2.37. The van der Waals surface area contributed by atoms with E-state index in [2.05, 4.69) is 0 Å². The summed E-state index contributed by atoms with van der Waals surface area (Å²) < 4.78 is 67.6. The molecule has 0 N–H and O–H groups in total. The van der Waals surface area contributed by atoms with Crippen molar-refractivity contribution in [2.45, 2.75) is 17.6 Å². The molecule has 38 heavy (non-hydrogen) atoms. The first kappa shape index (κ1) is 28.2. The molecule has 202 valence electrons. The first-order chi connectivity index (χ1) is 17.9. The molecule has 1 amide bonds. The van der Waals surface area contributed by atoms with E-state index in [4.69, 9.17) is 23.2 Å². The fourth-order valence-corrected chi connectivity index (χ4v) is 6.29. The molecule has 3 aromatic rings. The Morgan fingerprint density at radius 2 is 1.58 bits per heavy atom. The predicted molar refractivity (Wildman–Crippen MR) is 141 cm³/mol. The van der Waals surface area contributed by atoms with Crippen molar-refractivity contribution in [1.29, 1.82) is 0 Å². The van der Waals surface area contributed by atoms with Gasteiger partial charge in [0.05, 0.1) is 17.1 Å². The Bertz CT molecular complexity index is 1400. The average Bonchev–Trinajstić information content (AvgIpc) is 2.90. The van der Waals surface area contributed by atoms with Crippen molar-refractivity contribution in [3.05, 3.63) is 94.0 Å². The summed E-state index contributed by atoms with van der Waals surface area (Å²) in [4.78, 5) is 16.3. The van der Waals surface area contributed by atoms with Gasteiger partial charge in [0.25, 0.3) is 0 Å². The zero-order chi connectivity index (χ0) is 27.5. The second-order valence-corrected chi connectivity index (χ2v) is 11.5. The highest BCUT2D eigenvalue weighted by Gasteiger charge is 2.33. The molecule has 12 heteroatoms. The summed E-state index contributed by atoms with van der Waals surface area (Å²) in [5.74, 6) is -0.425. The van der Waals surface area contributed by atoms with Crippen molar-refractivity contribution in [2.24, 2.45) is 0 Å². The van der Waals surface area contributed by atoms with Crippen LogP contribution < -0.4 is 4.90 Å². The minimum atomic E-state index is -4.45. The highest BCUT2D eigenvalue weighted by atomic mass is 35.5. The number of hydrogen-bond acceptors (Lipinski definition) is 4. The van der Waals surface area contributed by atoms with E-state index < -0.39 is 34.2 Å². The van der Waals surface area contributed by atoms with Crippen molar-refractivity contribution in [3.8, 4) is 0 Å². The van der Waals surface area contributed by atoms with Crippen LogP contribution >= 0.6 is 23.2 Å². The van der Waals surface area contributed by atoms with Gasteiger partial charge >= 0.3 is 6.18 Å². The molecule has 0 radical (unpaired) electrons. The summed E-state index contributed by atoms with van der Waals surface area (Å²) >= 11 is 12.2. The standard InChI is InChI=1S/C26H24Cl2F3N3O3S/c27-21-9-10-23(28)24(16-21)38(36,37)34(17-19-5-2-1-3-6-19)18-25(35)33-13-11-32(12-14-33)22-8-4-7-20(15-22)26(29,30)31/h1-10,15-16H,11-14,17-18H2. The van der Waals surface area contributed by atoms with Crippen LogP contribution in [-0.2, 0) is 27.5 Å². The van der Waals surface area contributed by atoms with Crippen molar-refractivity contribution >= 4 is 44.8 Å². The van der Waals surface area contributed by atoms with Crippen LogP contribution in [0, 0.1) is 0 Å². The Morgan fingerprint density at radius 3 is 2.24 bits per heavy atom. The number of anilines is 1. The zero-order valence-corrected chi connectivity index (χ0v) is 22.4. The van der Waals surface area contributed by atoms with Gasteiger partial charge in [0.15, 0.2) is 0 Å². The van der Waals surface area contributed by atoms with Crippen LogP contribution in [-0.4, -0.2) is 56.3 Å². The van der Waals surface area contributed by atoms with Gasteiger partial charge in [-0.3, -0.25) is 4.79 Å². The van der Waals surface area contributed by atoms with Gasteiger partial charge in [0.2, 0.25) is 15.9 Å². The Hall–Kier alpha value is -2.79. The first-order valence-electron chi connectivity index (χ1n) is 11.6. The number of nitrogens with zero attached hydrogens (tertiary/aromatic N) is 3. The maximum absolute atomic E-state index is 13.6. The molecule has 4 rings (SSSR count). The molecule has 3 aromatic carbocycles. The number of hydrogen-bond donors (Lipinski definition) is 0. The third-order valence-electron chi connectivity index (χ3n) is 6.20. The SMILES string of the molecule is O=C(CN(Cc1ccccc1)S(=O)(=O)c1cc(Cl)ccc1Cl)N1CCN(c2cccc(C(F)(F)F)c2)CC1. The third-order valence-corrected chi connectivity index (χ3v) is 8.70. The number of piperazine rings is 1. The van der Waals surface area contributed by atoms with Crippen LogP contribution in [0.25, 0.3) is 0 Å². The summed E-state index contributed by atoms with van der Waals surface area (Å²) in [6, 6.07) is 18.0. The molecular weight excluding hydrogens is 562 g/mol. The highest BCUT2D eigenvalue weighted by Crippen LogP contribution is 2.32. The maximum Gasteiger partial charge on any atom is 0.416 e. The molecule has 0 atom stereocenters. The minimum absolute atomic E-state index is 0.0189. The maximum atomic E-state index is 13.6. The first-order valence-corrected chi connectivity index (χ1v) is 13.8. The number of carbonyl (C=O) groups excluding carboxylic acids is 1. The third kappa shape index (κ3) is 6.61. The van der Waals surface area contributed by atoms with Crippen molar-refractivity contribution in [3.63, 3.8) is 0 Å². The van der Waals surface area contributed by atoms with Gasteiger partial charge in [-0.25, -0.2) is 8.42 Å². The van der Waals surface area contributed by atoms with E-state index >= 15 is 0 Å². The van der Waals surface area contributed by atoms with Crippen LogP contribution in [0.3, 0.4) is 0 Å². The number of sulfonamides is 1. The molecule has 0 spiro atoms. The Morgan fingerprint density at radius 1 is 0.895 bits per heavy atom. The van der Waals surface area contributed by atoms with E-state index in [1.54, 1.807) is 41.3 Å². The van der Waals surface area contributed by atoms with Gasteiger partial charge in [-0.1, -0.05) is 59.6 Å². The number of halogens is 5. The number of carbonyl (C=O) groups is 1. The van der Waals surface area contributed by atoms with E-state index in [9.17, 15) is 26.4 Å². The van der Waals surface area contributed by atoms with Crippen molar-refractivity contribution in [1.82, 2.24) is 9.21 Å².